The Morgan fingerprint density at radius 3 is 1.45 bits per heavy atom. The number of nitrogens with two attached hydrogens (primary N) is 2. The third-order valence-corrected chi connectivity index (χ3v) is 7.14. The predicted molar refractivity (Wildman–Crippen MR) is 135 cm³/mol. The Balaban J connectivity index is 2.06. The van der Waals surface area contributed by atoms with Crippen molar-refractivity contribution in [3.8, 4) is 0 Å². The van der Waals surface area contributed by atoms with Gasteiger partial charge in [0.1, 0.15) is 0 Å². The first kappa shape index (κ1) is 22.3. The highest BCUT2D eigenvalue weighted by molar-refractivity contribution is 7.79. The molecule has 3 aromatic rings. The van der Waals surface area contributed by atoms with Crippen LogP contribution in [0.3, 0.4) is 0 Å². The number of rotatable bonds is 5. The van der Waals surface area contributed by atoms with Crippen LogP contribution in [-0.4, -0.2) is 49.3 Å². The number of guanidine groups is 2. The van der Waals surface area contributed by atoms with E-state index in [9.17, 15) is 0 Å². The predicted octanol–water partition coefficient (Wildman–Crippen LogP) is 1.44. The molecule has 3 rings (SSSR count). The van der Waals surface area contributed by atoms with Crippen molar-refractivity contribution in [1.82, 2.24) is 0 Å². The summed E-state index contributed by atoms with van der Waals surface area (Å²) in [6.07, 6.45) is 0. The van der Waals surface area contributed by atoms with Crippen LogP contribution in [0.25, 0.3) is 0 Å². The van der Waals surface area contributed by atoms with E-state index in [0.717, 1.165) is 11.4 Å². The van der Waals surface area contributed by atoms with Gasteiger partial charge in [-0.2, -0.15) is 0 Å². The van der Waals surface area contributed by atoms with Gasteiger partial charge in [-0.05, 0) is 48.1 Å². The fraction of sp³-hybridized carbons (Fsp3) is 0.167. The quantitative estimate of drug-likeness (QED) is 0.212. The summed E-state index contributed by atoms with van der Waals surface area (Å²) in [6.45, 7) is 0. The van der Waals surface area contributed by atoms with E-state index in [4.69, 9.17) is 11.5 Å². The summed E-state index contributed by atoms with van der Waals surface area (Å²) >= 11 is 0. The Labute approximate surface area is 185 Å². The van der Waals surface area contributed by atoms with E-state index in [1.54, 1.807) is 0 Å². The van der Waals surface area contributed by atoms with E-state index in [-0.39, 0.29) is 0 Å². The van der Waals surface area contributed by atoms with Crippen molar-refractivity contribution in [2.24, 2.45) is 11.5 Å². The van der Waals surface area contributed by atoms with E-state index in [1.165, 1.54) is 15.9 Å². The lowest BCUT2D eigenvalue weighted by Crippen LogP contribution is -2.32. The van der Waals surface area contributed by atoms with E-state index in [0.29, 0.717) is 11.9 Å². The lowest BCUT2D eigenvalue weighted by molar-refractivity contribution is -0.465. The number of hydrogen-bond acceptors (Lipinski definition) is 0. The van der Waals surface area contributed by atoms with E-state index >= 15 is 0 Å². The van der Waals surface area contributed by atoms with Crippen LogP contribution >= 0.6 is 7.92 Å². The summed E-state index contributed by atoms with van der Waals surface area (Å²) < 4.78 is 3.71. The van der Waals surface area contributed by atoms with Gasteiger partial charge >= 0.3 is 11.9 Å². The molecule has 0 heterocycles. The van der Waals surface area contributed by atoms with Gasteiger partial charge in [-0.1, -0.05) is 54.6 Å². The van der Waals surface area contributed by atoms with Crippen LogP contribution in [0.2, 0.25) is 0 Å². The SMILES string of the molecule is C[N+](C)=C(N)Nc1cccc(P(c2ccccc2)c2cccc(NC(N)=[N+](C)C)c2)c1. The molecule has 31 heavy (non-hydrogen) atoms. The molecule has 0 saturated carbocycles. The Kier molecular flexibility index (Phi) is 7.27. The summed E-state index contributed by atoms with van der Waals surface area (Å²) in [6, 6.07) is 27.5. The topological polar surface area (TPSA) is 82.1 Å². The Bertz CT molecular complexity index is 1030. The molecule has 0 unspecified atom stereocenters. The minimum Gasteiger partial charge on any atom is -0.290 e. The van der Waals surface area contributed by atoms with Gasteiger partial charge in [0.2, 0.25) is 0 Å². The van der Waals surface area contributed by atoms with Crippen molar-refractivity contribution >= 4 is 47.1 Å². The van der Waals surface area contributed by atoms with Crippen LogP contribution in [0.4, 0.5) is 11.4 Å². The number of benzene rings is 3. The Morgan fingerprint density at radius 1 is 0.613 bits per heavy atom. The maximum absolute atomic E-state index is 6.10. The third kappa shape index (κ3) is 5.83. The second-order valence-electron chi connectivity index (χ2n) is 7.58. The van der Waals surface area contributed by atoms with Gasteiger partial charge in [0, 0.05) is 0 Å². The monoisotopic (exact) mass is 434 g/mol. The minimum atomic E-state index is -0.766. The molecule has 0 fully saturated rings. The van der Waals surface area contributed by atoms with Crippen molar-refractivity contribution in [3.05, 3.63) is 78.9 Å². The van der Waals surface area contributed by atoms with Gasteiger partial charge in [0.05, 0.1) is 39.6 Å². The zero-order valence-corrected chi connectivity index (χ0v) is 19.4. The largest absolute Gasteiger partial charge is 0.347 e. The average Bonchev–Trinajstić information content (AvgIpc) is 2.75. The molecule has 6 N–H and O–H groups in total. The number of nitrogens with zero attached hydrogens (tertiary/aromatic N) is 2. The fourth-order valence-electron chi connectivity index (χ4n) is 2.99. The molecule has 0 radical (unpaired) electrons. The molecule has 0 atom stereocenters. The molecule has 7 heteroatoms. The van der Waals surface area contributed by atoms with Crippen molar-refractivity contribution in [1.29, 1.82) is 0 Å². The molecule has 0 aliphatic heterocycles. The molecule has 0 aliphatic carbocycles. The lowest BCUT2D eigenvalue weighted by atomic mass is 10.3. The van der Waals surface area contributed by atoms with Gasteiger partial charge in [-0.3, -0.25) is 20.6 Å². The van der Waals surface area contributed by atoms with Gasteiger partial charge in [-0.25, -0.2) is 10.6 Å². The smallest absolute Gasteiger partial charge is 0.290 e. The van der Waals surface area contributed by atoms with Crippen LogP contribution in [0.5, 0.6) is 0 Å². The van der Waals surface area contributed by atoms with E-state index < -0.39 is 7.92 Å². The number of nitrogens with one attached hydrogen (secondary N) is 2. The highest BCUT2D eigenvalue weighted by Gasteiger charge is 2.18. The normalized spacial score (nSPS) is 10.5. The first-order chi connectivity index (χ1) is 14.8. The molecule has 0 saturated heterocycles. The van der Waals surface area contributed by atoms with Crippen LogP contribution in [0, 0.1) is 0 Å². The van der Waals surface area contributed by atoms with Gasteiger partial charge in [-0.15, -0.1) is 0 Å². The standard InChI is InChI=1S/C24H29N6P/c1-29(2)23(25)27-18-10-8-14-21(16-18)31(20-12-6-5-7-13-20)22-15-9-11-19(17-22)28-24(26)30(3)4/h5-17H,1-4H3,(H4,25,26,27,28)/p+2. The molecule has 6 nitrogen and oxygen atoms in total. The summed E-state index contributed by atoms with van der Waals surface area (Å²) in [5, 5.41) is 10.3. The number of anilines is 2. The van der Waals surface area contributed by atoms with Crippen LogP contribution in [-0.2, 0) is 0 Å². The molecule has 0 aliphatic rings. The minimum absolute atomic E-state index is 0.599. The summed E-state index contributed by atoms with van der Waals surface area (Å²) in [7, 11) is 6.89. The molecule has 0 spiro atoms. The summed E-state index contributed by atoms with van der Waals surface area (Å²) in [5.41, 5.74) is 14.1. The zero-order chi connectivity index (χ0) is 22.4. The number of hydrogen-bond donors (Lipinski definition) is 4. The maximum atomic E-state index is 6.10. The molecular formula is C24H31N6P+2. The van der Waals surface area contributed by atoms with Crippen LogP contribution in [0.1, 0.15) is 0 Å². The second-order valence-corrected chi connectivity index (χ2v) is 9.80. The Morgan fingerprint density at radius 2 is 1.03 bits per heavy atom. The summed E-state index contributed by atoms with van der Waals surface area (Å²) in [5.74, 6) is 1.20. The third-order valence-electron chi connectivity index (χ3n) is 4.73. The van der Waals surface area contributed by atoms with Gasteiger partial charge in [0.15, 0.2) is 0 Å². The van der Waals surface area contributed by atoms with Crippen LogP contribution in [0.15, 0.2) is 78.9 Å². The fourth-order valence-corrected chi connectivity index (χ4v) is 5.36. The lowest BCUT2D eigenvalue weighted by Gasteiger charge is -2.20. The van der Waals surface area contributed by atoms with Crippen LogP contribution < -0.4 is 38.0 Å². The maximum Gasteiger partial charge on any atom is 0.347 e. The van der Waals surface area contributed by atoms with Gasteiger partial charge < -0.3 is 0 Å². The highest BCUT2D eigenvalue weighted by Crippen LogP contribution is 2.34. The van der Waals surface area contributed by atoms with E-state index in [2.05, 4.69) is 71.3 Å². The highest BCUT2D eigenvalue weighted by atomic mass is 31.1. The first-order valence-electron chi connectivity index (χ1n) is 10.0. The Hall–Kier alpha value is -3.37. The molecule has 0 amide bonds. The first-order valence-corrected chi connectivity index (χ1v) is 11.4. The zero-order valence-electron chi connectivity index (χ0n) is 18.5. The molecular weight excluding hydrogens is 403 g/mol. The molecule has 3 aromatic carbocycles. The van der Waals surface area contributed by atoms with Crippen molar-refractivity contribution in [3.63, 3.8) is 0 Å². The summed E-state index contributed by atoms with van der Waals surface area (Å²) in [4.78, 5) is 0. The van der Waals surface area contributed by atoms with Gasteiger partial charge in [0.25, 0.3) is 0 Å². The van der Waals surface area contributed by atoms with Crippen molar-refractivity contribution < 1.29 is 9.15 Å². The molecule has 160 valence electrons. The van der Waals surface area contributed by atoms with Crippen molar-refractivity contribution in [2.45, 2.75) is 0 Å². The van der Waals surface area contributed by atoms with Crippen molar-refractivity contribution in [2.75, 3.05) is 38.8 Å². The molecule has 0 bridgehead atoms. The molecule has 0 aromatic heterocycles. The average molecular weight is 435 g/mol. The van der Waals surface area contributed by atoms with E-state index in [1.807, 2.05) is 55.5 Å². The second kappa shape index (κ2) is 10.1.